The number of hydrogen-bond acceptors (Lipinski definition) is 3. The van der Waals surface area contributed by atoms with Crippen molar-refractivity contribution in [1.82, 2.24) is 4.98 Å². The van der Waals surface area contributed by atoms with Gasteiger partial charge in [-0.1, -0.05) is 41.4 Å². The Balaban J connectivity index is 1.96. The average molecular weight is 297 g/mol. The van der Waals surface area contributed by atoms with Crippen LogP contribution in [0.3, 0.4) is 0 Å². The summed E-state index contributed by atoms with van der Waals surface area (Å²) in [6.45, 7) is 0.717. The molecule has 1 heterocycles. The highest BCUT2D eigenvalue weighted by Crippen LogP contribution is 2.23. The van der Waals surface area contributed by atoms with Crippen LogP contribution in [0.5, 0.6) is 5.75 Å². The first-order valence-electron chi connectivity index (χ1n) is 5.87. The topological polar surface area (TPSA) is 34.1 Å². The first-order chi connectivity index (χ1) is 9.20. The van der Waals surface area contributed by atoms with E-state index in [0.717, 1.165) is 17.7 Å². The molecule has 1 aromatic carbocycles. The van der Waals surface area contributed by atoms with E-state index in [1.165, 1.54) is 0 Å². The second-order valence-corrected chi connectivity index (χ2v) is 4.82. The van der Waals surface area contributed by atoms with E-state index in [-0.39, 0.29) is 0 Å². The lowest BCUT2D eigenvalue weighted by Gasteiger charge is -2.10. The summed E-state index contributed by atoms with van der Waals surface area (Å²) in [5.41, 5.74) is 1.14. The molecule has 0 saturated carbocycles. The molecule has 3 nitrogen and oxygen atoms in total. The highest BCUT2D eigenvalue weighted by Gasteiger charge is 2.04. The lowest BCUT2D eigenvalue weighted by molar-refractivity contribution is 0.410. The number of para-hydroxylation sites is 1. The van der Waals surface area contributed by atoms with E-state index in [4.69, 9.17) is 27.9 Å². The van der Waals surface area contributed by atoms with Crippen LogP contribution in [-0.2, 0) is 6.42 Å². The molecule has 5 heteroatoms. The van der Waals surface area contributed by atoms with E-state index in [1.54, 1.807) is 19.4 Å². The lowest BCUT2D eigenvalue weighted by Crippen LogP contribution is -2.07. The highest BCUT2D eigenvalue weighted by molar-refractivity contribution is 6.35. The van der Waals surface area contributed by atoms with Crippen molar-refractivity contribution in [2.24, 2.45) is 0 Å². The molecule has 2 rings (SSSR count). The van der Waals surface area contributed by atoms with E-state index in [2.05, 4.69) is 10.3 Å². The maximum Gasteiger partial charge on any atom is 0.144 e. The zero-order chi connectivity index (χ0) is 13.7. The van der Waals surface area contributed by atoms with Gasteiger partial charge in [0.15, 0.2) is 0 Å². The van der Waals surface area contributed by atoms with Gasteiger partial charge in [0.2, 0.25) is 0 Å². The van der Waals surface area contributed by atoms with Crippen molar-refractivity contribution in [3.8, 4) is 5.75 Å². The van der Waals surface area contributed by atoms with Gasteiger partial charge in [0.05, 0.1) is 17.2 Å². The predicted octanol–water partition coefficient (Wildman–Crippen LogP) is 4.05. The second kappa shape index (κ2) is 6.64. The van der Waals surface area contributed by atoms with Crippen LogP contribution in [0.1, 0.15) is 5.56 Å². The summed E-state index contributed by atoms with van der Waals surface area (Å²) >= 11 is 11.8. The molecule has 0 fully saturated rings. The number of nitrogens with one attached hydrogen (secondary N) is 1. The van der Waals surface area contributed by atoms with Crippen LogP contribution >= 0.6 is 23.2 Å². The maximum atomic E-state index is 6.04. The standard InChI is InChI=1S/C14H14Cl2N2O/c1-19-13-5-3-2-4-10(13)6-7-17-14-12(16)8-11(15)9-18-14/h2-5,8-9H,6-7H2,1H3,(H,17,18). The van der Waals surface area contributed by atoms with E-state index < -0.39 is 0 Å². The first kappa shape index (κ1) is 14.0. The third-order valence-electron chi connectivity index (χ3n) is 2.69. The summed E-state index contributed by atoms with van der Waals surface area (Å²) in [5, 5.41) is 4.23. The van der Waals surface area contributed by atoms with Gasteiger partial charge in [-0.15, -0.1) is 0 Å². The summed E-state index contributed by atoms with van der Waals surface area (Å²) in [7, 11) is 1.67. The van der Waals surface area contributed by atoms with Crippen LogP contribution in [0.2, 0.25) is 10.0 Å². The first-order valence-corrected chi connectivity index (χ1v) is 6.63. The minimum atomic E-state index is 0.521. The summed E-state index contributed by atoms with van der Waals surface area (Å²) in [6.07, 6.45) is 2.39. The molecule has 0 unspecified atom stereocenters. The molecule has 2 aromatic rings. The summed E-state index contributed by atoms with van der Waals surface area (Å²) in [4.78, 5) is 4.15. The van der Waals surface area contributed by atoms with Gasteiger partial charge in [-0.3, -0.25) is 0 Å². The number of methoxy groups -OCH3 is 1. The Morgan fingerprint density at radius 2 is 2.05 bits per heavy atom. The molecule has 0 aliphatic carbocycles. The van der Waals surface area contributed by atoms with E-state index in [9.17, 15) is 0 Å². The Bertz CT molecular complexity index is 561. The van der Waals surface area contributed by atoms with Gasteiger partial charge < -0.3 is 10.1 Å². The summed E-state index contributed by atoms with van der Waals surface area (Å²) in [6, 6.07) is 9.60. The highest BCUT2D eigenvalue weighted by atomic mass is 35.5. The molecular weight excluding hydrogens is 283 g/mol. The monoisotopic (exact) mass is 296 g/mol. The zero-order valence-corrected chi connectivity index (χ0v) is 12.0. The maximum absolute atomic E-state index is 6.04. The minimum absolute atomic E-state index is 0.521. The number of rotatable bonds is 5. The van der Waals surface area contributed by atoms with Crippen molar-refractivity contribution in [1.29, 1.82) is 0 Å². The van der Waals surface area contributed by atoms with E-state index in [1.807, 2.05) is 24.3 Å². The zero-order valence-electron chi connectivity index (χ0n) is 10.5. The molecule has 1 aromatic heterocycles. The fourth-order valence-corrected chi connectivity index (χ4v) is 2.22. The molecule has 0 amide bonds. The number of ether oxygens (including phenoxy) is 1. The van der Waals surface area contributed by atoms with Crippen molar-refractivity contribution < 1.29 is 4.74 Å². The third kappa shape index (κ3) is 3.75. The van der Waals surface area contributed by atoms with Crippen LogP contribution < -0.4 is 10.1 Å². The van der Waals surface area contributed by atoms with Gasteiger partial charge in [0.1, 0.15) is 11.6 Å². The predicted molar refractivity (Wildman–Crippen MR) is 79.4 cm³/mol. The quantitative estimate of drug-likeness (QED) is 0.904. The van der Waals surface area contributed by atoms with Crippen molar-refractivity contribution >= 4 is 29.0 Å². The van der Waals surface area contributed by atoms with Gasteiger partial charge in [-0.25, -0.2) is 4.98 Å². The smallest absolute Gasteiger partial charge is 0.144 e. The van der Waals surface area contributed by atoms with Crippen LogP contribution in [0.25, 0.3) is 0 Å². The van der Waals surface area contributed by atoms with Gasteiger partial charge in [-0.2, -0.15) is 0 Å². The lowest BCUT2D eigenvalue weighted by atomic mass is 10.1. The second-order valence-electron chi connectivity index (χ2n) is 3.97. The molecule has 0 saturated heterocycles. The minimum Gasteiger partial charge on any atom is -0.496 e. The summed E-state index contributed by atoms with van der Waals surface area (Å²) in [5.74, 6) is 1.53. The molecule has 0 spiro atoms. The van der Waals surface area contributed by atoms with Crippen molar-refractivity contribution in [3.05, 3.63) is 52.1 Å². The number of halogens is 2. The largest absolute Gasteiger partial charge is 0.496 e. The van der Waals surface area contributed by atoms with Crippen molar-refractivity contribution in [3.63, 3.8) is 0 Å². The molecule has 100 valence electrons. The Hall–Kier alpha value is -1.45. The van der Waals surface area contributed by atoms with Gasteiger partial charge in [0.25, 0.3) is 0 Å². The molecule has 0 atom stereocenters. The fourth-order valence-electron chi connectivity index (χ4n) is 1.77. The molecule has 1 N–H and O–H groups in total. The number of aromatic nitrogens is 1. The van der Waals surface area contributed by atoms with Crippen molar-refractivity contribution in [2.75, 3.05) is 19.0 Å². The summed E-state index contributed by atoms with van der Waals surface area (Å²) < 4.78 is 5.30. The number of hydrogen-bond donors (Lipinski definition) is 1. The SMILES string of the molecule is COc1ccccc1CCNc1ncc(Cl)cc1Cl. The van der Waals surface area contributed by atoms with E-state index in [0.29, 0.717) is 22.4 Å². The van der Waals surface area contributed by atoms with Crippen LogP contribution in [0.15, 0.2) is 36.5 Å². The van der Waals surface area contributed by atoms with Crippen LogP contribution in [-0.4, -0.2) is 18.6 Å². The molecule has 0 radical (unpaired) electrons. The Labute approximate surface area is 122 Å². The number of anilines is 1. The molecule has 0 aliphatic heterocycles. The number of pyridine rings is 1. The number of benzene rings is 1. The number of nitrogens with zero attached hydrogens (tertiary/aromatic N) is 1. The average Bonchev–Trinajstić information content (AvgIpc) is 2.42. The Kier molecular flexibility index (Phi) is 4.88. The molecule has 0 aliphatic rings. The Morgan fingerprint density at radius 3 is 2.79 bits per heavy atom. The van der Waals surface area contributed by atoms with Crippen molar-refractivity contribution in [2.45, 2.75) is 6.42 Å². The Morgan fingerprint density at radius 1 is 1.26 bits per heavy atom. The van der Waals surface area contributed by atoms with E-state index >= 15 is 0 Å². The van der Waals surface area contributed by atoms with Gasteiger partial charge in [-0.05, 0) is 24.1 Å². The fraction of sp³-hybridized carbons (Fsp3) is 0.214. The third-order valence-corrected chi connectivity index (χ3v) is 3.18. The molecular formula is C14H14Cl2N2O. The van der Waals surface area contributed by atoms with Gasteiger partial charge >= 0.3 is 0 Å². The normalized spacial score (nSPS) is 10.3. The van der Waals surface area contributed by atoms with Crippen LogP contribution in [0.4, 0.5) is 5.82 Å². The molecule has 19 heavy (non-hydrogen) atoms. The van der Waals surface area contributed by atoms with Gasteiger partial charge in [0, 0.05) is 12.7 Å². The van der Waals surface area contributed by atoms with Crippen LogP contribution in [0, 0.1) is 0 Å². The molecule has 0 bridgehead atoms.